The van der Waals surface area contributed by atoms with Gasteiger partial charge in [-0.1, -0.05) is 0 Å². The number of alkyl halides is 1. The van der Waals surface area contributed by atoms with Crippen LogP contribution >= 0.6 is 11.6 Å². The monoisotopic (exact) mass is 239 g/mol. The molecule has 0 N–H and O–H groups in total. The Morgan fingerprint density at radius 1 is 1.44 bits per heavy atom. The van der Waals surface area contributed by atoms with Gasteiger partial charge in [-0.05, 0) is 30.2 Å². The third-order valence-electron chi connectivity index (χ3n) is 2.81. The van der Waals surface area contributed by atoms with Gasteiger partial charge in [0.1, 0.15) is 5.75 Å². The number of anilines is 1. The van der Waals surface area contributed by atoms with Crippen molar-refractivity contribution in [3.63, 3.8) is 0 Å². The van der Waals surface area contributed by atoms with Gasteiger partial charge < -0.3 is 9.64 Å². The van der Waals surface area contributed by atoms with Crippen molar-refractivity contribution in [1.82, 2.24) is 0 Å². The molecule has 1 aromatic carbocycles. The van der Waals surface area contributed by atoms with Gasteiger partial charge in [0.15, 0.2) is 0 Å². The number of hydrogen-bond acceptors (Lipinski definition) is 2. The molecule has 0 bridgehead atoms. The predicted molar refractivity (Wildman–Crippen MR) is 64.2 cm³/mol. The first kappa shape index (κ1) is 11.3. The molecule has 0 saturated carbocycles. The van der Waals surface area contributed by atoms with Crippen LogP contribution in [0.25, 0.3) is 0 Å². The van der Waals surface area contributed by atoms with Crippen molar-refractivity contribution in [3.05, 3.63) is 24.3 Å². The second kappa shape index (κ2) is 4.74. The molecule has 1 heterocycles. The summed E-state index contributed by atoms with van der Waals surface area (Å²) in [6.07, 6.45) is 0.551. The van der Waals surface area contributed by atoms with Crippen molar-refractivity contribution in [2.75, 3.05) is 24.4 Å². The first-order chi connectivity index (χ1) is 7.74. The maximum Gasteiger partial charge on any atom is 0.227 e. The van der Waals surface area contributed by atoms with Gasteiger partial charge in [0.25, 0.3) is 0 Å². The van der Waals surface area contributed by atoms with E-state index in [0.717, 1.165) is 11.4 Å². The normalized spacial score (nSPS) is 20.2. The van der Waals surface area contributed by atoms with Gasteiger partial charge in [0.05, 0.1) is 7.11 Å². The number of amides is 1. The Labute approximate surface area is 100.0 Å². The number of methoxy groups -OCH3 is 1. The fourth-order valence-corrected chi connectivity index (χ4v) is 2.10. The second-order valence-corrected chi connectivity index (χ2v) is 4.24. The topological polar surface area (TPSA) is 29.5 Å². The van der Waals surface area contributed by atoms with Gasteiger partial charge in [-0.3, -0.25) is 4.79 Å². The van der Waals surface area contributed by atoms with E-state index < -0.39 is 0 Å². The molecule has 1 atom stereocenters. The standard InChI is InChI=1S/C12H14ClNO2/c1-16-11-4-2-10(3-5-11)14-8-9(7-13)6-12(14)15/h2-5,9H,6-8H2,1H3. The van der Waals surface area contributed by atoms with E-state index in [9.17, 15) is 4.79 Å². The van der Waals surface area contributed by atoms with Crippen LogP contribution in [0.5, 0.6) is 5.75 Å². The van der Waals surface area contributed by atoms with E-state index in [4.69, 9.17) is 16.3 Å². The highest BCUT2D eigenvalue weighted by atomic mass is 35.5. The van der Waals surface area contributed by atoms with E-state index in [1.54, 1.807) is 12.0 Å². The Bertz CT molecular complexity index is 377. The zero-order valence-corrected chi connectivity index (χ0v) is 9.91. The van der Waals surface area contributed by atoms with E-state index in [1.165, 1.54) is 0 Å². The average molecular weight is 240 g/mol. The van der Waals surface area contributed by atoms with E-state index in [2.05, 4.69) is 0 Å². The van der Waals surface area contributed by atoms with Gasteiger partial charge in [-0.15, -0.1) is 11.6 Å². The molecule has 0 aromatic heterocycles. The molecular weight excluding hydrogens is 226 g/mol. The number of benzene rings is 1. The van der Waals surface area contributed by atoms with Crippen molar-refractivity contribution >= 4 is 23.2 Å². The van der Waals surface area contributed by atoms with Crippen LogP contribution in [0.3, 0.4) is 0 Å². The summed E-state index contributed by atoms with van der Waals surface area (Å²) in [7, 11) is 1.62. The summed E-state index contributed by atoms with van der Waals surface area (Å²) in [4.78, 5) is 13.5. The van der Waals surface area contributed by atoms with Gasteiger partial charge in [-0.25, -0.2) is 0 Å². The third kappa shape index (κ3) is 2.14. The Balaban J connectivity index is 2.15. The number of ether oxygens (including phenoxy) is 1. The number of nitrogens with zero attached hydrogens (tertiary/aromatic N) is 1. The summed E-state index contributed by atoms with van der Waals surface area (Å²) in [6.45, 7) is 0.717. The molecule has 1 aromatic rings. The molecule has 3 nitrogen and oxygen atoms in total. The van der Waals surface area contributed by atoms with E-state index >= 15 is 0 Å². The van der Waals surface area contributed by atoms with Gasteiger partial charge >= 0.3 is 0 Å². The molecule has 1 aliphatic heterocycles. The van der Waals surface area contributed by atoms with Gasteiger partial charge in [-0.2, -0.15) is 0 Å². The lowest BCUT2D eigenvalue weighted by Crippen LogP contribution is -2.24. The molecule has 1 amide bonds. The zero-order chi connectivity index (χ0) is 11.5. The Hall–Kier alpha value is -1.22. The predicted octanol–water partition coefficient (Wildman–Crippen LogP) is 2.29. The van der Waals surface area contributed by atoms with Crippen molar-refractivity contribution in [3.8, 4) is 5.75 Å². The van der Waals surface area contributed by atoms with Gasteiger partial charge in [0, 0.05) is 24.5 Å². The summed E-state index contributed by atoms with van der Waals surface area (Å²) in [5, 5.41) is 0. The smallest absolute Gasteiger partial charge is 0.227 e. The lowest BCUT2D eigenvalue weighted by molar-refractivity contribution is -0.117. The summed E-state index contributed by atoms with van der Waals surface area (Å²) < 4.78 is 5.08. The number of carbonyl (C=O) groups excluding carboxylic acids is 1. The molecule has 86 valence electrons. The Morgan fingerprint density at radius 2 is 2.12 bits per heavy atom. The lowest BCUT2D eigenvalue weighted by Gasteiger charge is -2.16. The molecule has 2 rings (SSSR count). The van der Waals surface area contributed by atoms with Crippen molar-refractivity contribution in [1.29, 1.82) is 0 Å². The first-order valence-electron chi connectivity index (χ1n) is 5.25. The molecule has 0 spiro atoms. The minimum absolute atomic E-state index is 0.149. The van der Waals surface area contributed by atoms with Crippen LogP contribution in [-0.4, -0.2) is 25.4 Å². The van der Waals surface area contributed by atoms with Crippen molar-refractivity contribution < 1.29 is 9.53 Å². The summed E-state index contributed by atoms with van der Waals surface area (Å²) >= 11 is 5.77. The molecular formula is C12H14ClNO2. The molecule has 1 unspecified atom stereocenters. The SMILES string of the molecule is COc1ccc(N2CC(CCl)CC2=O)cc1. The van der Waals surface area contributed by atoms with Crippen molar-refractivity contribution in [2.45, 2.75) is 6.42 Å². The second-order valence-electron chi connectivity index (χ2n) is 3.93. The van der Waals surface area contributed by atoms with Crippen LogP contribution in [0, 0.1) is 5.92 Å². The molecule has 16 heavy (non-hydrogen) atoms. The van der Waals surface area contributed by atoms with Crippen LogP contribution in [0.4, 0.5) is 5.69 Å². The average Bonchev–Trinajstić information content (AvgIpc) is 2.71. The van der Waals surface area contributed by atoms with Crippen LogP contribution in [0.2, 0.25) is 0 Å². The highest BCUT2D eigenvalue weighted by molar-refractivity contribution is 6.18. The Kier molecular flexibility index (Phi) is 3.34. The van der Waals surface area contributed by atoms with Crippen LogP contribution < -0.4 is 9.64 Å². The summed E-state index contributed by atoms with van der Waals surface area (Å²) in [5.41, 5.74) is 0.915. The summed E-state index contributed by atoms with van der Waals surface area (Å²) in [6, 6.07) is 7.51. The molecule has 1 aliphatic rings. The minimum atomic E-state index is 0.149. The zero-order valence-electron chi connectivity index (χ0n) is 9.15. The van der Waals surface area contributed by atoms with Crippen LogP contribution in [-0.2, 0) is 4.79 Å². The molecule has 4 heteroatoms. The lowest BCUT2D eigenvalue weighted by atomic mass is 10.1. The largest absolute Gasteiger partial charge is 0.497 e. The highest BCUT2D eigenvalue weighted by Crippen LogP contribution is 2.27. The van der Waals surface area contributed by atoms with Crippen molar-refractivity contribution in [2.24, 2.45) is 5.92 Å². The molecule has 1 saturated heterocycles. The van der Waals surface area contributed by atoms with Gasteiger partial charge in [0.2, 0.25) is 5.91 Å². The fraction of sp³-hybridized carbons (Fsp3) is 0.417. The fourth-order valence-electron chi connectivity index (χ4n) is 1.90. The number of hydrogen-bond donors (Lipinski definition) is 0. The molecule has 1 fully saturated rings. The van der Waals surface area contributed by atoms with E-state index in [-0.39, 0.29) is 11.8 Å². The van der Waals surface area contributed by atoms with E-state index in [0.29, 0.717) is 18.8 Å². The number of rotatable bonds is 3. The molecule has 0 radical (unpaired) electrons. The van der Waals surface area contributed by atoms with Crippen LogP contribution in [0.15, 0.2) is 24.3 Å². The van der Waals surface area contributed by atoms with Crippen LogP contribution in [0.1, 0.15) is 6.42 Å². The molecule has 0 aliphatic carbocycles. The first-order valence-corrected chi connectivity index (χ1v) is 5.78. The Morgan fingerprint density at radius 3 is 2.62 bits per heavy atom. The quantitative estimate of drug-likeness (QED) is 0.758. The maximum atomic E-state index is 11.7. The van der Waals surface area contributed by atoms with E-state index in [1.807, 2.05) is 24.3 Å². The third-order valence-corrected chi connectivity index (χ3v) is 3.24. The minimum Gasteiger partial charge on any atom is -0.497 e. The summed E-state index contributed by atoms with van der Waals surface area (Å²) in [5.74, 6) is 1.76. The number of halogens is 1. The highest BCUT2D eigenvalue weighted by Gasteiger charge is 2.29. The maximum absolute atomic E-state index is 11.7. The number of carbonyl (C=O) groups is 1.